The summed E-state index contributed by atoms with van der Waals surface area (Å²) < 4.78 is 6.01. The molecule has 3 heterocycles. The maximum absolute atomic E-state index is 13.8. The number of carbonyl (C=O) groups is 4. The van der Waals surface area contributed by atoms with Crippen LogP contribution in [0.2, 0.25) is 0 Å². The minimum atomic E-state index is -0.985. The third-order valence-electron chi connectivity index (χ3n) is 8.03. The van der Waals surface area contributed by atoms with Gasteiger partial charge in [-0.05, 0) is 60.2 Å². The van der Waals surface area contributed by atoms with Crippen molar-refractivity contribution in [1.29, 1.82) is 0 Å². The Hall–Kier alpha value is -4.70. The number of fused-ring (bicyclic) bond motifs is 11. The molecule has 4 amide bonds. The fourth-order valence-electron chi connectivity index (χ4n) is 5.68. The number of nitrogens with one attached hydrogen (secondary N) is 3. The molecule has 3 aliphatic heterocycles. The minimum absolute atomic E-state index is 0.0410. The Morgan fingerprint density at radius 3 is 2.31 bits per heavy atom. The second-order valence-corrected chi connectivity index (χ2v) is 12.2. The Morgan fingerprint density at radius 1 is 0.889 bits per heavy atom. The number of aliphatic hydroxyl groups excluding tert-OH is 1. The molecule has 4 N–H and O–H groups in total. The van der Waals surface area contributed by atoms with Crippen LogP contribution in [0.4, 0.5) is 0 Å². The fraction of sp³-hybridized carbons (Fsp3) is 0.371. The summed E-state index contributed by atoms with van der Waals surface area (Å²) >= 11 is 0. The molecule has 3 aliphatic rings. The zero-order chi connectivity index (χ0) is 31.9. The maximum atomic E-state index is 13.8. The zero-order valence-electron chi connectivity index (χ0n) is 25.6. The molecule has 1 fully saturated rings. The highest BCUT2D eigenvalue weighted by molar-refractivity contribution is 5.99. The van der Waals surface area contributed by atoms with Gasteiger partial charge in [0.2, 0.25) is 17.7 Å². The fourth-order valence-corrected chi connectivity index (χ4v) is 5.68. The van der Waals surface area contributed by atoms with Crippen molar-refractivity contribution in [2.45, 2.75) is 63.8 Å². The number of benzene rings is 3. The summed E-state index contributed by atoms with van der Waals surface area (Å²) in [6.07, 6.45) is 0.599. The van der Waals surface area contributed by atoms with E-state index in [1.165, 1.54) is 0 Å². The van der Waals surface area contributed by atoms with E-state index in [1.807, 2.05) is 56.3 Å². The van der Waals surface area contributed by atoms with Crippen LogP contribution in [0.3, 0.4) is 0 Å². The Kier molecular flexibility index (Phi) is 10.1. The maximum Gasteiger partial charge on any atom is 0.252 e. The average Bonchev–Trinajstić information content (AvgIpc) is 3.46. The summed E-state index contributed by atoms with van der Waals surface area (Å²) in [6.45, 7) is 4.48. The van der Waals surface area contributed by atoms with Gasteiger partial charge in [0.1, 0.15) is 29.6 Å². The molecule has 3 aromatic rings. The monoisotopic (exact) mass is 612 g/mol. The molecule has 0 saturated carbocycles. The summed E-state index contributed by atoms with van der Waals surface area (Å²) in [4.78, 5) is 56.3. The largest absolute Gasteiger partial charge is 0.457 e. The minimum Gasteiger partial charge on any atom is -0.457 e. The van der Waals surface area contributed by atoms with Crippen molar-refractivity contribution in [2.24, 2.45) is 5.92 Å². The van der Waals surface area contributed by atoms with Gasteiger partial charge in [-0.2, -0.15) is 0 Å². The molecule has 10 heteroatoms. The Labute approximate surface area is 263 Å². The first-order valence-electron chi connectivity index (χ1n) is 15.4. The Balaban J connectivity index is 1.50. The lowest BCUT2D eigenvalue weighted by Crippen LogP contribution is -2.58. The molecule has 4 bridgehead atoms. The van der Waals surface area contributed by atoms with Crippen molar-refractivity contribution in [2.75, 3.05) is 13.1 Å². The summed E-state index contributed by atoms with van der Waals surface area (Å²) in [5.74, 6) is -0.739. The van der Waals surface area contributed by atoms with Gasteiger partial charge in [0, 0.05) is 31.5 Å². The second kappa shape index (κ2) is 14.4. The topological polar surface area (TPSA) is 137 Å². The molecule has 4 atom stereocenters. The zero-order valence-corrected chi connectivity index (χ0v) is 25.6. The molecular weight excluding hydrogens is 572 g/mol. The van der Waals surface area contributed by atoms with Crippen LogP contribution in [-0.2, 0) is 27.2 Å². The van der Waals surface area contributed by atoms with Crippen molar-refractivity contribution < 1.29 is 29.0 Å². The molecule has 0 aliphatic carbocycles. The standard InChI is InChI=1S/C35H40N4O6/c1-22(2)17-29-33(42)38-31(35(44)39-16-15-26(40)21-39)19-24-11-13-27(14-12-24)45-28-10-6-9-25(20-28)32(41)36-30(34(43)37-29)18-23-7-4-3-5-8-23/h3-14,20,22,26,29-31,40H,15-19,21H2,1-2H3,(H,36,41)(H,37,43)(H,38,42)/t26-,29+,30-,31+/m1/s1. The average molecular weight is 613 g/mol. The molecule has 10 nitrogen and oxygen atoms in total. The predicted octanol–water partition coefficient (Wildman–Crippen LogP) is 2.99. The number of nitrogens with zero attached hydrogens (tertiary/aromatic N) is 1. The summed E-state index contributed by atoms with van der Waals surface area (Å²) in [5.41, 5.74) is 1.95. The van der Waals surface area contributed by atoms with E-state index < -0.39 is 42.0 Å². The lowest BCUT2D eigenvalue weighted by molar-refractivity contribution is -0.137. The van der Waals surface area contributed by atoms with Crippen LogP contribution in [-0.4, -0.2) is 71.0 Å². The van der Waals surface area contributed by atoms with E-state index in [0.717, 1.165) is 11.1 Å². The van der Waals surface area contributed by atoms with Gasteiger partial charge in [0.25, 0.3) is 5.91 Å². The first kappa shape index (κ1) is 31.7. The van der Waals surface area contributed by atoms with E-state index in [9.17, 15) is 24.3 Å². The lowest BCUT2D eigenvalue weighted by atomic mass is 9.99. The number of β-amino-alcohol motifs (C(OH)–C–C–N with tert-alkyl or cyclic N) is 1. The highest BCUT2D eigenvalue weighted by Gasteiger charge is 2.34. The SMILES string of the molecule is CC(C)C[C@@H]1NC(=O)[C@@H](Cc2ccccc2)NC(=O)c2cccc(c2)Oc2ccc(cc2)C[C@@H](C(=O)N2CC[C@@H](O)C2)NC1=O. The summed E-state index contributed by atoms with van der Waals surface area (Å²) in [6, 6.07) is 20.3. The van der Waals surface area contributed by atoms with Crippen molar-refractivity contribution in [3.05, 3.63) is 95.6 Å². The smallest absolute Gasteiger partial charge is 0.252 e. The molecular formula is C35H40N4O6. The van der Waals surface area contributed by atoms with Crippen molar-refractivity contribution in [1.82, 2.24) is 20.9 Å². The number of aliphatic hydroxyl groups is 1. The molecule has 236 valence electrons. The van der Waals surface area contributed by atoms with Crippen molar-refractivity contribution in [3.63, 3.8) is 0 Å². The van der Waals surface area contributed by atoms with Crippen LogP contribution >= 0.6 is 0 Å². The summed E-state index contributed by atoms with van der Waals surface area (Å²) in [5, 5.41) is 18.7. The number of ether oxygens (including phenoxy) is 1. The number of likely N-dealkylation sites (tertiary alicyclic amines) is 1. The van der Waals surface area contributed by atoms with Crippen molar-refractivity contribution >= 4 is 23.6 Å². The number of amides is 4. The molecule has 0 unspecified atom stereocenters. The third-order valence-corrected chi connectivity index (χ3v) is 8.03. The van der Waals surface area contributed by atoms with Gasteiger partial charge >= 0.3 is 0 Å². The van der Waals surface area contributed by atoms with Crippen LogP contribution in [0.15, 0.2) is 78.9 Å². The van der Waals surface area contributed by atoms with Gasteiger partial charge < -0.3 is 30.7 Å². The predicted molar refractivity (Wildman–Crippen MR) is 169 cm³/mol. The molecule has 1 saturated heterocycles. The van der Waals surface area contributed by atoms with Crippen LogP contribution in [0, 0.1) is 5.92 Å². The third kappa shape index (κ3) is 8.48. The number of carbonyl (C=O) groups excluding carboxylic acids is 4. The van der Waals surface area contributed by atoms with Gasteiger partial charge in [-0.3, -0.25) is 19.2 Å². The highest BCUT2D eigenvalue weighted by atomic mass is 16.5. The van der Waals surface area contributed by atoms with Gasteiger partial charge in [-0.1, -0.05) is 62.4 Å². The number of hydrogen-bond donors (Lipinski definition) is 4. The molecule has 0 spiro atoms. The Morgan fingerprint density at radius 2 is 1.62 bits per heavy atom. The van der Waals surface area contributed by atoms with E-state index in [1.54, 1.807) is 41.3 Å². The Bertz CT molecular complexity index is 1510. The first-order chi connectivity index (χ1) is 21.6. The highest BCUT2D eigenvalue weighted by Crippen LogP contribution is 2.24. The quantitative estimate of drug-likeness (QED) is 0.327. The van der Waals surface area contributed by atoms with E-state index in [0.29, 0.717) is 36.4 Å². The van der Waals surface area contributed by atoms with Gasteiger partial charge in [-0.15, -0.1) is 0 Å². The van der Waals surface area contributed by atoms with Crippen LogP contribution in [0.25, 0.3) is 0 Å². The van der Waals surface area contributed by atoms with Gasteiger partial charge in [0.05, 0.1) is 6.10 Å². The first-order valence-corrected chi connectivity index (χ1v) is 15.4. The molecule has 6 rings (SSSR count). The van der Waals surface area contributed by atoms with Crippen LogP contribution in [0.1, 0.15) is 48.2 Å². The van der Waals surface area contributed by atoms with Crippen LogP contribution in [0.5, 0.6) is 11.5 Å². The molecule has 0 radical (unpaired) electrons. The van der Waals surface area contributed by atoms with E-state index in [4.69, 9.17) is 4.74 Å². The van der Waals surface area contributed by atoms with E-state index in [-0.39, 0.29) is 31.2 Å². The second-order valence-electron chi connectivity index (χ2n) is 12.2. The van der Waals surface area contributed by atoms with Crippen LogP contribution < -0.4 is 20.7 Å². The lowest BCUT2D eigenvalue weighted by Gasteiger charge is -2.28. The van der Waals surface area contributed by atoms with Crippen molar-refractivity contribution in [3.8, 4) is 11.5 Å². The van der Waals surface area contributed by atoms with E-state index in [2.05, 4.69) is 16.0 Å². The molecule has 45 heavy (non-hydrogen) atoms. The van der Waals surface area contributed by atoms with Gasteiger partial charge in [0.15, 0.2) is 0 Å². The van der Waals surface area contributed by atoms with Gasteiger partial charge in [-0.25, -0.2) is 0 Å². The van der Waals surface area contributed by atoms with E-state index >= 15 is 0 Å². The normalized spacial score (nSPS) is 22.6. The number of hydrogen-bond acceptors (Lipinski definition) is 6. The molecule has 0 aromatic heterocycles. The molecule has 3 aromatic carbocycles. The summed E-state index contributed by atoms with van der Waals surface area (Å²) in [7, 11) is 0. The number of rotatable bonds is 5.